The van der Waals surface area contributed by atoms with Gasteiger partial charge in [-0.1, -0.05) is 50.4 Å². The van der Waals surface area contributed by atoms with Crippen molar-refractivity contribution in [1.29, 1.82) is 0 Å². The third-order valence-electron chi connectivity index (χ3n) is 6.21. The van der Waals surface area contributed by atoms with Gasteiger partial charge in [0.1, 0.15) is 5.82 Å². The van der Waals surface area contributed by atoms with Gasteiger partial charge in [-0.15, -0.1) is 0 Å². The van der Waals surface area contributed by atoms with Gasteiger partial charge < -0.3 is 15.1 Å². The molecule has 1 heterocycles. The lowest BCUT2D eigenvalue weighted by atomic mass is 9.97. The van der Waals surface area contributed by atoms with E-state index in [1.807, 2.05) is 6.08 Å². The Bertz CT molecular complexity index is 764. The number of benzene rings is 1. The van der Waals surface area contributed by atoms with Crippen molar-refractivity contribution in [3.63, 3.8) is 0 Å². The van der Waals surface area contributed by atoms with Crippen LogP contribution in [0.15, 0.2) is 66.7 Å². The van der Waals surface area contributed by atoms with Crippen molar-refractivity contribution in [2.45, 2.75) is 40.0 Å². The van der Waals surface area contributed by atoms with E-state index in [0.717, 1.165) is 24.4 Å². The van der Waals surface area contributed by atoms with Crippen LogP contribution in [0, 0.1) is 5.92 Å². The molecule has 1 aliphatic rings. The van der Waals surface area contributed by atoms with Crippen LogP contribution in [0.2, 0.25) is 0 Å². The molecule has 0 amide bonds. The summed E-state index contributed by atoms with van der Waals surface area (Å²) in [5, 5.41) is 3.74. The summed E-state index contributed by atoms with van der Waals surface area (Å²) in [6.45, 7) is 18.1. The van der Waals surface area contributed by atoms with Crippen LogP contribution in [0.1, 0.15) is 44.7 Å². The predicted octanol–water partition coefficient (Wildman–Crippen LogP) is 5.45. The van der Waals surface area contributed by atoms with E-state index in [4.69, 9.17) is 0 Å². The van der Waals surface area contributed by atoms with Crippen molar-refractivity contribution in [2.75, 3.05) is 33.7 Å². The molecule has 0 aromatic heterocycles. The molecular formula is C26H39N3. The van der Waals surface area contributed by atoms with Crippen molar-refractivity contribution >= 4 is 5.57 Å². The highest BCUT2D eigenvalue weighted by Gasteiger charge is 2.18. The molecule has 2 rings (SSSR count). The van der Waals surface area contributed by atoms with Crippen molar-refractivity contribution < 1.29 is 0 Å². The molecule has 0 unspecified atom stereocenters. The van der Waals surface area contributed by atoms with E-state index in [2.05, 4.69) is 93.5 Å². The summed E-state index contributed by atoms with van der Waals surface area (Å²) in [5.74, 6) is 1.81. The summed E-state index contributed by atoms with van der Waals surface area (Å²) >= 11 is 0. The molecule has 0 bridgehead atoms. The monoisotopic (exact) mass is 393 g/mol. The fourth-order valence-corrected chi connectivity index (χ4v) is 3.76. The Labute approximate surface area is 178 Å². The summed E-state index contributed by atoms with van der Waals surface area (Å²) in [7, 11) is 4.33. The second-order valence-electron chi connectivity index (χ2n) is 8.22. The third-order valence-corrected chi connectivity index (χ3v) is 6.21. The summed E-state index contributed by atoms with van der Waals surface area (Å²) in [5.41, 5.74) is 5.98. The van der Waals surface area contributed by atoms with E-state index >= 15 is 0 Å². The maximum absolute atomic E-state index is 4.40. The van der Waals surface area contributed by atoms with E-state index in [0.29, 0.717) is 5.92 Å². The Hall–Kier alpha value is -2.26. The Morgan fingerprint density at radius 2 is 1.90 bits per heavy atom. The van der Waals surface area contributed by atoms with Gasteiger partial charge in [0.05, 0.1) is 0 Å². The van der Waals surface area contributed by atoms with Gasteiger partial charge >= 0.3 is 0 Å². The number of hydrogen-bond acceptors (Lipinski definition) is 3. The molecule has 1 aromatic carbocycles. The highest BCUT2D eigenvalue weighted by Crippen LogP contribution is 2.23. The largest absolute Gasteiger partial charge is 0.371 e. The molecule has 0 aliphatic carbocycles. The molecule has 3 heteroatoms. The van der Waals surface area contributed by atoms with Gasteiger partial charge in [-0.3, -0.25) is 0 Å². The van der Waals surface area contributed by atoms with Crippen molar-refractivity contribution in [3.05, 3.63) is 77.8 Å². The lowest BCUT2D eigenvalue weighted by molar-refractivity contribution is 0.216. The third kappa shape index (κ3) is 6.37. The first kappa shape index (κ1) is 23.0. The van der Waals surface area contributed by atoms with Crippen LogP contribution >= 0.6 is 0 Å². The zero-order valence-corrected chi connectivity index (χ0v) is 19.1. The SMILES string of the molecule is C=C/C(C)=C(/C)N(C)/C(=C\C(=C)c1ccccc1CC)NCC1CCN(C)CC1. The predicted molar refractivity (Wildman–Crippen MR) is 127 cm³/mol. The zero-order valence-electron chi connectivity index (χ0n) is 19.1. The van der Waals surface area contributed by atoms with Gasteiger partial charge in [-0.05, 0) is 87.5 Å². The minimum atomic E-state index is 0.712. The number of nitrogens with one attached hydrogen (secondary N) is 1. The molecule has 0 spiro atoms. The van der Waals surface area contributed by atoms with Gasteiger partial charge in [0.25, 0.3) is 0 Å². The second kappa shape index (κ2) is 11.1. The highest BCUT2D eigenvalue weighted by molar-refractivity contribution is 5.74. The summed E-state index contributed by atoms with van der Waals surface area (Å²) in [6, 6.07) is 8.56. The van der Waals surface area contributed by atoms with Crippen LogP contribution in [0.3, 0.4) is 0 Å². The molecule has 158 valence electrons. The fraction of sp³-hybridized carbons (Fsp3) is 0.462. The zero-order chi connectivity index (χ0) is 21.4. The van der Waals surface area contributed by atoms with Crippen molar-refractivity contribution in [3.8, 4) is 0 Å². The smallest absolute Gasteiger partial charge is 0.106 e. The van der Waals surface area contributed by atoms with Gasteiger partial charge in [-0.2, -0.15) is 0 Å². The van der Waals surface area contributed by atoms with Crippen LogP contribution in [0.4, 0.5) is 0 Å². The van der Waals surface area contributed by atoms with Crippen LogP contribution < -0.4 is 5.32 Å². The lowest BCUT2D eigenvalue weighted by Crippen LogP contribution is -2.37. The minimum absolute atomic E-state index is 0.712. The molecule has 1 fully saturated rings. The van der Waals surface area contributed by atoms with E-state index in [1.165, 1.54) is 48.3 Å². The van der Waals surface area contributed by atoms with Crippen molar-refractivity contribution in [2.24, 2.45) is 5.92 Å². The minimum Gasteiger partial charge on any atom is -0.371 e. The Balaban J connectivity index is 2.26. The molecule has 0 atom stereocenters. The molecule has 1 aliphatic heterocycles. The number of aryl methyl sites for hydroxylation is 1. The number of piperidine rings is 1. The normalized spacial score (nSPS) is 16.9. The number of nitrogens with zero attached hydrogens (tertiary/aromatic N) is 2. The first-order valence-electron chi connectivity index (χ1n) is 10.8. The molecule has 1 aromatic rings. The van der Waals surface area contributed by atoms with Gasteiger partial charge in [0, 0.05) is 19.3 Å². The number of rotatable bonds is 9. The number of likely N-dealkylation sites (tertiary alicyclic amines) is 1. The first-order chi connectivity index (χ1) is 13.9. The summed E-state index contributed by atoms with van der Waals surface area (Å²) in [6.07, 6.45) is 7.62. The molecule has 1 N–H and O–H groups in total. The Kier molecular flexibility index (Phi) is 8.78. The lowest BCUT2D eigenvalue weighted by Gasteiger charge is -2.32. The topological polar surface area (TPSA) is 18.5 Å². The van der Waals surface area contributed by atoms with Crippen LogP contribution in [0.25, 0.3) is 5.57 Å². The molecule has 0 radical (unpaired) electrons. The number of hydrogen-bond donors (Lipinski definition) is 1. The summed E-state index contributed by atoms with van der Waals surface area (Å²) in [4.78, 5) is 4.65. The maximum atomic E-state index is 4.40. The second-order valence-corrected chi connectivity index (χ2v) is 8.22. The summed E-state index contributed by atoms with van der Waals surface area (Å²) < 4.78 is 0. The average Bonchev–Trinajstić information content (AvgIpc) is 2.75. The highest BCUT2D eigenvalue weighted by atomic mass is 15.2. The average molecular weight is 394 g/mol. The van der Waals surface area contributed by atoms with Gasteiger partial charge in [0.15, 0.2) is 0 Å². The molecule has 1 saturated heterocycles. The Morgan fingerprint density at radius 3 is 2.52 bits per heavy atom. The van der Waals surface area contributed by atoms with E-state index in [1.54, 1.807) is 0 Å². The number of allylic oxidation sites excluding steroid dienone is 5. The van der Waals surface area contributed by atoms with E-state index < -0.39 is 0 Å². The van der Waals surface area contributed by atoms with E-state index in [9.17, 15) is 0 Å². The maximum Gasteiger partial charge on any atom is 0.106 e. The van der Waals surface area contributed by atoms with Crippen LogP contribution in [-0.2, 0) is 6.42 Å². The Morgan fingerprint density at radius 1 is 1.24 bits per heavy atom. The molecule has 0 saturated carbocycles. The van der Waals surface area contributed by atoms with Crippen LogP contribution in [0.5, 0.6) is 0 Å². The fourth-order valence-electron chi connectivity index (χ4n) is 3.76. The van der Waals surface area contributed by atoms with Crippen molar-refractivity contribution in [1.82, 2.24) is 15.1 Å². The van der Waals surface area contributed by atoms with Gasteiger partial charge in [-0.25, -0.2) is 0 Å². The molecule has 29 heavy (non-hydrogen) atoms. The van der Waals surface area contributed by atoms with Crippen LogP contribution in [-0.4, -0.2) is 43.5 Å². The first-order valence-corrected chi connectivity index (χ1v) is 10.8. The molecular weight excluding hydrogens is 354 g/mol. The molecule has 3 nitrogen and oxygen atoms in total. The van der Waals surface area contributed by atoms with E-state index in [-0.39, 0.29) is 0 Å². The van der Waals surface area contributed by atoms with Gasteiger partial charge in [0.2, 0.25) is 0 Å². The quantitative estimate of drug-likeness (QED) is 0.563. The standard InChI is InChI=1S/C26H39N3/c1-8-20(3)22(5)29(7)26(27-19-23-14-16-28(6)17-15-23)18-21(4)25-13-11-10-12-24(25)9-2/h8,10-13,18,23,27H,1,4,9,14-17,19H2,2-3,5-7H3/b22-20-,26-18-.